The molecule has 34 heavy (non-hydrogen) atoms. The number of carbonyl (C=O) groups is 3. The van der Waals surface area contributed by atoms with Crippen LogP contribution in [0.1, 0.15) is 46.1 Å². The van der Waals surface area contributed by atoms with Crippen LogP contribution in [0.2, 0.25) is 0 Å². The Bertz CT molecular complexity index is 1320. The summed E-state index contributed by atoms with van der Waals surface area (Å²) in [6, 6.07) is 25.1. The lowest BCUT2D eigenvalue weighted by molar-refractivity contribution is -0.143. The average molecular weight is 449 g/mol. The third-order valence-electron chi connectivity index (χ3n) is 7.49. The molecule has 0 bridgehead atoms. The highest BCUT2D eigenvalue weighted by Crippen LogP contribution is 2.54. The first-order valence-electron chi connectivity index (χ1n) is 11.6. The molecule has 168 valence electrons. The van der Waals surface area contributed by atoms with Gasteiger partial charge in [-0.1, -0.05) is 84.9 Å². The summed E-state index contributed by atoms with van der Waals surface area (Å²) in [7, 11) is 0. The fraction of sp³-hybridized carbons (Fsp3) is 0.207. The van der Waals surface area contributed by atoms with Crippen molar-refractivity contribution < 1.29 is 14.4 Å². The molecule has 3 heterocycles. The van der Waals surface area contributed by atoms with Crippen molar-refractivity contribution in [1.29, 1.82) is 0 Å². The second-order valence-corrected chi connectivity index (χ2v) is 9.20. The van der Waals surface area contributed by atoms with Crippen LogP contribution in [0.15, 0.2) is 91.1 Å². The van der Waals surface area contributed by atoms with E-state index >= 15 is 0 Å². The molecular formula is C29H24N2O3. The molecule has 0 aliphatic carbocycles. The largest absolute Gasteiger partial charge is 0.358 e. The SMILES string of the molecule is C[C@H](c1ccccc1)N1C(=O)[C@@H]2[C@H](C1=O)C1c3ccccc3C=CN1[C@@H]2C(=O)c1ccccc1. The third kappa shape index (κ3) is 2.90. The van der Waals surface area contributed by atoms with Gasteiger partial charge in [-0.3, -0.25) is 19.3 Å². The van der Waals surface area contributed by atoms with Gasteiger partial charge in [0.05, 0.1) is 23.9 Å². The van der Waals surface area contributed by atoms with Gasteiger partial charge in [0, 0.05) is 11.8 Å². The van der Waals surface area contributed by atoms with Gasteiger partial charge in [0.2, 0.25) is 11.8 Å². The number of rotatable bonds is 4. The van der Waals surface area contributed by atoms with Crippen molar-refractivity contribution in [3.05, 3.63) is 113 Å². The number of likely N-dealkylation sites (tertiary alicyclic amines) is 1. The lowest BCUT2D eigenvalue weighted by Crippen LogP contribution is -2.44. The highest BCUT2D eigenvalue weighted by Gasteiger charge is 2.64. The Kier molecular flexibility index (Phi) is 4.73. The minimum Gasteiger partial charge on any atom is -0.358 e. The summed E-state index contributed by atoms with van der Waals surface area (Å²) < 4.78 is 0. The van der Waals surface area contributed by atoms with E-state index in [4.69, 9.17) is 0 Å². The van der Waals surface area contributed by atoms with E-state index in [2.05, 4.69) is 0 Å². The zero-order chi connectivity index (χ0) is 23.4. The van der Waals surface area contributed by atoms with Crippen molar-refractivity contribution in [2.24, 2.45) is 11.8 Å². The van der Waals surface area contributed by atoms with Crippen LogP contribution in [0.4, 0.5) is 0 Å². The lowest BCUT2D eigenvalue weighted by atomic mass is 9.83. The monoisotopic (exact) mass is 448 g/mol. The van der Waals surface area contributed by atoms with Crippen molar-refractivity contribution in [2.75, 3.05) is 0 Å². The standard InChI is InChI=1S/C29H24N2O3/c1-18(19-10-4-2-5-11-19)31-28(33)23-24(29(31)34)26(27(32)21-13-6-3-7-14-21)30-17-16-20-12-8-9-15-22(20)25(23)30/h2-18,23-26H,1H3/t18-,23+,24-,25?,26+/m1/s1. The Hall–Kier alpha value is -3.99. The second kappa shape index (κ2) is 7.80. The molecule has 3 aliphatic rings. The number of hydrogen-bond donors (Lipinski definition) is 0. The molecule has 0 aromatic heterocycles. The Morgan fingerprint density at radius 2 is 1.41 bits per heavy atom. The van der Waals surface area contributed by atoms with Gasteiger partial charge in [-0.05, 0) is 29.7 Å². The van der Waals surface area contributed by atoms with E-state index in [-0.39, 0.29) is 23.6 Å². The quantitative estimate of drug-likeness (QED) is 0.431. The molecule has 2 fully saturated rings. The van der Waals surface area contributed by atoms with Gasteiger partial charge in [-0.25, -0.2) is 0 Å². The minimum absolute atomic E-state index is 0.127. The van der Waals surface area contributed by atoms with Crippen molar-refractivity contribution in [3.63, 3.8) is 0 Å². The topological polar surface area (TPSA) is 57.7 Å². The molecule has 5 heteroatoms. The molecule has 3 aromatic carbocycles. The van der Waals surface area contributed by atoms with Crippen LogP contribution in [-0.4, -0.2) is 33.4 Å². The van der Waals surface area contributed by atoms with E-state index in [1.54, 1.807) is 12.1 Å². The third-order valence-corrected chi connectivity index (χ3v) is 7.49. The van der Waals surface area contributed by atoms with E-state index in [0.717, 1.165) is 16.7 Å². The van der Waals surface area contributed by atoms with Crippen molar-refractivity contribution in [1.82, 2.24) is 9.80 Å². The average Bonchev–Trinajstić information content (AvgIpc) is 3.36. The van der Waals surface area contributed by atoms with Gasteiger partial charge in [-0.2, -0.15) is 0 Å². The van der Waals surface area contributed by atoms with Crippen LogP contribution in [-0.2, 0) is 9.59 Å². The van der Waals surface area contributed by atoms with Crippen molar-refractivity contribution >= 4 is 23.7 Å². The normalized spacial score (nSPS) is 25.7. The molecule has 3 aromatic rings. The summed E-state index contributed by atoms with van der Waals surface area (Å²) in [6.45, 7) is 1.88. The van der Waals surface area contributed by atoms with E-state index < -0.39 is 23.9 Å². The van der Waals surface area contributed by atoms with Crippen LogP contribution in [0.5, 0.6) is 0 Å². The highest BCUT2D eigenvalue weighted by atomic mass is 16.2. The van der Waals surface area contributed by atoms with E-state index in [1.807, 2.05) is 96.9 Å². The summed E-state index contributed by atoms with van der Waals surface area (Å²) in [4.78, 5) is 45.0. The Morgan fingerprint density at radius 1 is 0.794 bits per heavy atom. The molecule has 2 amide bonds. The van der Waals surface area contributed by atoms with Crippen molar-refractivity contribution in [2.45, 2.75) is 25.0 Å². The van der Waals surface area contributed by atoms with E-state index in [9.17, 15) is 14.4 Å². The molecule has 1 unspecified atom stereocenters. The highest BCUT2D eigenvalue weighted by molar-refractivity contribution is 6.12. The summed E-state index contributed by atoms with van der Waals surface area (Å²) in [5.41, 5.74) is 3.45. The number of benzene rings is 3. The number of amides is 2. The molecule has 0 spiro atoms. The summed E-state index contributed by atoms with van der Waals surface area (Å²) in [6.07, 6.45) is 3.86. The molecular weight excluding hydrogens is 424 g/mol. The fourth-order valence-electron chi connectivity index (χ4n) is 5.92. The summed E-state index contributed by atoms with van der Waals surface area (Å²) in [5, 5.41) is 0. The predicted molar refractivity (Wildman–Crippen MR) is 128 cm³/mol. The van der Waals surface area contributed by atoms with Gasteiger partial charge < -0.3 is 4.90 Å². The van der Waals surface area contributed by atoms with Gasteiger partial charge in [0.25, 0.3) is 0 Å². The molecule has 2 saturated heterocycles. The van der Waals surface area contributed by atoms with Crippen molar-refractivity contribution in [3.8, 4) is 0 Å². The van der Waals surface area contributed by atoms with E-state index in [1.165, 1.54) is 4.90 Å². The number of carbonyl (C=O) groups excluding carboxylic acids is 3. The number of Topliss-reactive ketones (excluding diaryl/α,β-unsaturated/α-hetero) is 1. The number of ketones is 1. The molecule has 0 radical (unpaired) electrons. The summed E-state index contributed by atoms with van der Waals surface area (Å²) >= 11 is 0. The maximum absolute atomic E-state index is 13.9. The number of imide groups is 1. The number of nitrogens with zero attached hydrogens (tertiary/aromatic N) is 2. The maximum Gasteiger partial charge on any atom is 0.236 e. The molecule has 6 rings (SSSR count). The molecule has 5 nitrogen and oxygen atoms in total. The van der Waals surface area contributed by atoms with Crippen LogP contribution < -0.4 is 0 Å². The minimum atomic E-state index is -0.730. The first kappa shape index (κ1) is 20.6. The maximum atomic E-state index is 13.9. The molecule has 0 saturated carbocycles. The Labute approximate surface area is 198 Å². The van der Waals surface area contributed by atoms with Crippen LogP contribution in [0, 0.1) is 11.8 Å². The zero-order valence-corrected chi connectivity index (χ0v) is 18.7. The Morgan fingerprint density at radius 3 is 2.15 bits per heavy atom. The Balaban J connectivity index is 1.48. The smallest absolute Gasteiger partial charge is 0.236 e. The fourth-order valence-corrected chi connectivity index (χ4v) is 5.92. The molecule has 5 atom stereocenters. The summed E-state index contributed by atoms with van der Waals surface area (Å²) in [5.74, 6) is -1.93. The van der Waals surface area contributed by atoms with Gasteiger partial charge in [0.1, 0.15) is 6.04 Å². The first-order valence-corrected chi connectivity index (χ1v) is 11.6. The number of hydrogen-bond acceptors (Lipinski definition) is 4. The van der Waals surface area contributed by atoms with Crippen LogP contribution in [0.25, 0.3) is 6.08 Å². The van der Waals surface area contributed by atoms with Crippen LogP contribution >= 0.6 is 0 Å². The predicted octanol–water partition coefficient (Wildman–Crippen LogP) is 4.64. The molecule has 0 N–H and O–H groups in total. The van der Waals surface area contributed by atoms with E-state index in [0.29, 0.717) is 5.56 Å². The van der Waals surface area contributed by atoms with Crippen LogP contribution in [0.3, 0.4) is 0 Å². The second-order valence-electron chi connectivity index (χ2n) is 9.20. The first-order chi connectivity index (χ1) is 16.6. The van der Waals surface area contributed by atoms with Gasteiger partial charge in [-0.15, -0.1) is 0 Å². The molecule has 3 aliphatic heterocycles. The number of fused-ring (bicyclic) bond motifs is 5. The van der Waals surface area contributed by atoms with Gasteiger partial charge in [0.15, 0.2) is 5.78 Å². The lowest BCUT2D eigenvalue weighted by Gasteiger charge is -2.36. The van der Waals surface area contributed by atoms with Gasteiger partial charge >= 0.3 is 0 Å². The zero-order valence-electron chi connectivity index (χ0n) is 18.7.